The summed E-state index contributed by atoms with van der Waals surface area (Å²) in [5.41, 5.74) is 2.68. The molecular weight excluding hydrogens is 218 g/mol. The molecule has 0 aliphatic carbocycles. The Morgan fingerprint density at radius 3 is 2.33 bits per heavy atom. The van der Waals surface area contributed by atoms with Crippen LogP contribution in [0.15, 0.2) is 48.1 Å². The third kappa shape index (κ3) is 5.83. The molecule has 98 valence electrons. The highest BCUT2D eigenvalue weighted by atomic mass is 14.9. The molecule has 0 heterocycles. The van der Waals surface area contributed by atoms with E-state index >= 15 is 0 Å². The van der Waals surface area contributed by atoms with Crippen molar-refractivity contribution in [3.63, 3.8) is 0 Å². The number of benzene rings is 1. The van der Waals surface area contributed by atoms with Gasteiger partial charge in [-0.05, 0) is 11.5 Å². The standard InChI is InChI=1S/C17H25N/c1-14(2)17(13-18-15(3)4)12-8-11-16-9-6-5-7-10-16/h5-12,14-15,18H,13H2,1-4H3. The lowest BCUT2D eigenvalue weighted by atomic mass is 10.0. The second-order valence-corrected chi connectivity index (χ2v) is 5.20. The number of rotatable bonds is 6. The van der Waals surface area contributed by atoms with E-state index in [-0.39, 0.29) is 0 Å². The van der Waals surface area contributed by atoms with Gasteiger partial charge in [0, 0.05) is 12.6 Å². The van der Waals surface area contributed by atoms with Gasteiger partial charge < -0.3 is 5.32 Å². The largest absolute Gasteiger partial charge is 0.311 e. The van der Waals surface area contributed by atoms with Crippen LogP contribution in [0.3, 0.4) is 0 Å². The molecule has 1 N–H and O–H groups in total. The van der Waals surface area contributed by atoms with Gasteiger partial charge in [0.05, 0.1) is 0 Å². The molecule has 1 aromatic carbocycles. The Kier molecular flexibility index (Phi) is 6.45. The van der Waals surface area contributed by atoms with Crippen LogP contribution in [0.5, 0.6) is 0 Å². The van der Waals surface area contributed by atoms with E-state index < -0.39 is 0 Å². The van der Waals surface area contributed by atoms with Crippen molar-refractivity contribution < 1.29 is 0 Å². The molecule has 0 radical (unpaired) electrons. The van der Waals surface area contributed by atoms with Gasteiger partial charge in [-0.2, -0.15) is 0 Å². The monoisotopic (exact) mass is 243 g/mol. The van der Waals surface area contributed by atoms with Gasteiger partial charge in [0.15, 0.2) is 0 Å². The van der Waals surface area contributed by atoms with Gasteiger partial charge in [-0.25, -0.2) is 0 Å². The molecule has 0 aliphatic rings. The molecule has 1 rings (SSSR count). The first-order valence-electron chi connectivity index (χ1n) is 6.75. The Bertz CT molecular complexity index is 385. The molecule has 0 amide bonds. The fourth-order valence-electron chi connectivity index (χ4n) is 1.62. The van der Waals surface area contributed by atoms with Crippen LogP contribution in [0.25, 0.3) is 6.08 Å². The highest BCUT2D eigenvalue weighted by Crippen LogP contribution is 2.10. The zero-order chi connectivity index (χ0) is 13.4. The molecule has 0 saturated carbocycles. The molecule has 0 saturated heterocycles. The molecule has 0 fully saturated rings. The molecule has 1 aromatic rings. The topological polar surface area (TPSA) is 12.0 Å². The third-order valence-corrected chi connectivity index (χ3v) is 2.85. The van der Waals surface area contributed by atoms with Crippen molar-refractivity contribution >= 4 is 6.08 Å². The van der Waals surface area contributed by atoms with Gasteiger partial charge in [-0.15, -0.1) is 0 Å². The summed E-state index contributed by atoms with van der Waals surface area (Å²) in [5, 5.41) is 3.47. The maximum absolute atomic E-state index is 3.47. The Labute approximate surface area is 112 Å². The fourth-order valence-corrected chi connectivity index (χ4v) is 1.62. The first-order chi connectivity index (χ1) is 8.59. The zero-order valence-corrected chi connectivity index (χ0v) is 12.0. The molecule has 0 spiro atoms. The molecule has 0 bridgehead atoms. The van der Waals surface area contributed by atoms with Crippen molar-refractivity contribution in [1.29, 1.82) is 0 Å². The van der Waals surface area contributed by atoms with E-state index in [9.17, 15) is 0 Å². The van der Waals surface area contributed by atoms with Gasteiger partial charge in [0.25, 0.3) is 0 Å². The van der Waals surface area contributed by atoms with Crippen LogP contribution < -0.4 is 5.32 Å². The van der Waals surface area contributed by atoms with Crippen LogP contribution in [0, 0.1) is 5.92 Å². The second-order valence-electron chi connectivity index (χ2n) is 5.20. The summed E-state index contributed by atoms with van der Waals surface area (Å²) in [6.45, 7) is 9.80. The van der Waals surface area contributed by atoms with Gasteiger partial charge in [-0.3, -0.25) is 0 Å². The summed E-state index contributed by atoms with van der Waals surface area (Å²) < 4.78 is 0. The summed E-state index contributed by atoms with van der Waals surface area (Å²) in [6, 6.07) is 10.9. The number of nitrogens with one attached hydrogen (secondary N) is 1. The number of hydrogen-bond donors (Lipinski definition) is 1. The highest BCUT2D eigenvalue weighted by Gasteiger charge is 2.02. The Morgan fingerprint density at radius 1 is 1.11 bits per heavy atom. The first kappa shape index (κ1) is 14.7. The van der Waals surface area contributed by atoms with E-state index in [4.69, 9.17) is 0 Å². The maximum Gasteiger partial charge on any atom is 0.0172 e. The third-order valence-electron chi connectivity index (χ3n) is 2.85. The average Bonchev–Trinajstić information content (AvgIpc) is 2.34. The quantitative estimate of drug-likeness (QED) is 0.735. The molecule has 0 aliphatic heterocycles. The minimum Gasteiger partial charge on any atom is -0.311 e. The van der Waals surface area contributed by atoms with Crippen molar-refractivity contribution in [3.8, 4) is 0 Å². The lowest BCUT2D eigenvalue weighted by molar-refractivity contribution is 0.590. The number of hydrogen-bond acceptors (Lipinski definition) is 1. The van der Waals surface area contributed by atoms with Crippen LogP contribution in [0.1, 0.15) is 33.3 Å². The highest BCUT2D eigenvalue weighted by molar-refractivity contribution is 5.51. The molecule has 1 heteroatoms. The lowest BCUT2D eigenvalue weighted by Crippen LogP contribution is -2.26. The average molecular weight is 243 g/mol. The second kappa shape index (κ2) is 7.88. The Morgan fingerprint density at radius 2 is 1.78 bits per heavy atom. The molecular formula is C17H25N. The lowest BCUT2D eigenvalue weighted by Gasteiger charge is -2.14. The minimum atomic E-state index is 0.533. The molecule has 0 aromatic heterocycles. The predicted molar refractivity (Wildman–Crippen MR) is 81.5 cm³/mol. The van der Waals surface area contributed by atoms with Gasteiger partial charge in [0.2, 0.25) is 0 Å². The first-order valence-corrected chi connectivity index (χ1v) is 6.75. The van der Waals surface area contributed by atoms with Crippen molar-refractivity contribution in [3.05, 3.63) is 53.6 Å². The fraction of sp³-hybridized carbons (Fsp3) is 0.412. The van der Waals surface area contributed by atoms with Crippen molar-refractivity contribution in [2.45, 2.75) is 33.7 Å². The van der Waals surface area contributed by atoms with Crippen molar-refractivity contribution in [2.24, 2.45) is 5.92 Å². The summed E-state index contributed by atoms with van der Waals surface area (Å²) in [7, 11) is 0. The van der Waals surface area contributed by atoms with E-state index in [0.717, 1.165) is 6.54 Å². The summed E-state index contributed by atoms with van der Waals surface area (Å²) in [6.07, 6.45) is 6.53. The summed E-state index contributed by atoms with van der Waals surface area (Å²) >= 11 is 0. The van der Waals surface area contributed by atoms with E-state index in [1.165, 1.54) is 11.1 Å². The van der Waals surface area contributed by atoms with Crippen LogP contribution in [-0.4, -0.2) is 12.6 Å². The minimum absolute atomic E-state index is 0.533. The van der Waals surface area contributed by atoms with E-state index in [1.54, 1.807) is 0 Å². The van der Waals surface area contributed by atoms with Crippen LogP contribution in [-0.2, 0) is 0 Å². The van der Waals surface area contributed by atoms with Crippen LogP contribution >= 0.6 is 0 Å². The summed E-state index contributed by atoms with van der Waals surface area (Å²) in [4.78, 5) is 0. The molecule has 0 unspecified atom stereocenters. The zero-order valence-electron chi connectivity index (χ0n) is 12.0. The summed E-state index contributed by atoms with van der Waals surface area (Å²) in [5.74, 6) is 0.580. The Balaban J connectivity index is 2.63. The molecule has 1 nitrogen and oxygen atoms in total. The Hall–Kier alpha value is -1.34. The predicted octanol–water partition coefficient (Wildman–Crippen LogP) is 4.28. The maximum atomic E-state index is 3.47. The van der Waals surface area contributed by atoms with Crippen LogP contribution in [0.4, 0.5) is 0 Å². The van der Waals surface area contributed by atoms with Crippen molar-refractivity contribution in [1.82, 2.24) is 5.32 Å². The van der Waals surface area contributed by atoms with E-state index in [2.05, 4.69) is 75.5 Å². The number of allylic oxidation sites excluding steroid dienone is 2. The van der Waals surface area contributed by atoms with Crippen LogP contribution in [0.2, 0.25) is 0 Å². The van der Waals surface area contributed by atoms with Gasteiger partial charge in [0.1, 0.15) is 0 Å². The van der Waals surface area contributed by atoms with E-state index in [0.29, 0.717) is 12.0 Å². The van der Waals surface area contributed by atoms with E-state index in [1.807, 2.05) is 6.07 Å². The molecule has 0 atom stereocenters. The van der Waals surface area contributed by atoms with Gasteiger partial charge >= 0.3 is 0 Å². The smallest absolute Gasteiger partial charge is 0.0172 e. The van der Waals surface area contributed by atoms with Gasteiger partial charge in [-0.1, -0.05) is 81.8 Å². The van der Waals surface area contributed by atoms with Crippen molar-refractivity contribution in [2.75, 3.05) is 6.54 Å². The normalized spacial score (nSPS) is 12.9. The molecule has 18 heavy (non-hydrogen) atoms. The SMILES string of the molecule is CC(C)NCC(=CC=Cc1ccccc1)C(C)C.